The first-order valence-electron chi connectivity index (χ1n) is 7.32. The summed E-state index contributed by atoms with van der Waals surface area (Å²) < 4.78 is 10.7. The number of amides is 1. The predicted octanol–water partition coefficient (Wildman–Crippen LogP) is -0.659. The summed E-state index contributed by atoms with van der Waals surface area (Å²) >= 11 is 0. The Kier molecular flexibility index (Phi) is 3.80. The number of rotatable bonds is 4. The molecule has 0 bridgehead atoms. The number of nitrogens with zero attached hydrogens (tertiary/aromatic N) is 1. The van der Waals surface area contributed by atoms with Crippen molar-refractivity contribution in [2.75, 3.05) is 13.2 Å². The van der Waals surface area contributed by atoms with Crippen molar-refractivity contribution < 1.29 is 29.3 Å². The quantitative estimate of drug-likeness (QED) is 0.407. The van der Waals surface area contributed by atoms with E-state index in [9.17, 15) is 19.8 Å². The van der Waals surface area contributed by atoms with Crippen molar-refractivity contribution in [3.8, 4) is 0 Å². The van der Waals surface area contributed by atoms with Gasteiger partial charge < -0.3 is 19.7 Å². The first kappa shape index (κ1) is 15.2. The Bertz CT molecular complexity index is 554. The van der Waals surface area contributed by atoms with E-state index in [2.05, 4.69) is 6.58 Å². The van der Waals surface area contributed by atoms with Crippen LogP contribution in [0.15, 0.2) is 23.9 Å². The second kappa shape index (κ2) is 5.49. The average Bonchev–Trinajstić information content (AvgIpc) is 2.76. The lowest BCUT2D eigenvalue weighted by atomic mass is 9.80. The number of aliphatic hydroxyl groups is 2. The van der Waals surface area contributed by atoms with E-state index in [1.54, 1.807) is 0 Å². The van der Waals surface area contributed by atoms with Gasteiger partial charge in [-0.05, 0) is 6.92 Å². The predicted molar refractivity (Wildman–Crippen MR) is 74.4 cm³/mol. The van der Waals surface area contributed by atoms with E-state index in [0.717, 1.165) is 0 Å². The Morgan fingerprint density at radius 1 is 1.64 bits per heavy atom. The molecule has 22 heavy (non-hydrogen) atoms. The molecule has 2 N–H and O–H groups in total. The third-order valence-electron chi connectivity index (χ3n) is 4.41. The summed E-state index contributed by atoms with van der Waals surface area (Å²) in [5.41, 5.74) is 0.452. The van der Waals surface area contributed by atoms with E-state index >= 15 is 0 Å². The number of hydrogen-bond acceptors (Lipinski definition) is 6. The number of ether oxygens (including phenoxy) is 2. The van der Waals surface area contributed by atoms with Crippen LogP contribution in [0, 0.1) is 5.92 Å². The van der Waals surface area contributed by atoms with Gasteiger partial charge in [0.2, 0.25) is 5.91 Å². The van der Waals surface area contributed by atoms with Gasteiger partial charge in [0.25, 0.3) is 0 Å². The lowest BCUT2D eigenvalue weighted by Gasteiger charge is -2.47. The molecule has 0 aromatic heterocycles. The minimum absolute atomic E-state index is 0.0176. The molecule has 3 aliphatic rings. The minimum atomic E-state index is -0.849. The molecule has 7 heteroatoms. The van der Waals surface area contributed by atoms with Crippen molar-refractivity contribution >= 4 is 11.9 Å². The van der Waals surface area contributed by atoms with Gasteiger partial charge in [-0.15, -0.1) is 0 Å². The highest BCUT2D eigenvalue weighted by molar-refractivity contribution is 6.01. The van der Waals surface area contributed by atoms with Crippen LogP contribution in [-0.2, 0) is 19.1 Å². The summed E-state index contributed by atoms with van der Waals surface area (Å²) in [6.07, 6.45) is -0.471. The Balaban J connectivity index is 1.97. The molecular formula is C15H19NO6. The number of carbonyl (C=O) groups is 2. The van der Waals surface area contributed by atoms with Crippen molar-refractivity contribution in [2.45, 2.75) is 37.7 Å². The standard InChI is InChI=1S/C15H19NO6/c1-3-5-22-15(20)12-10-8(18)4-6-21-13(10)11-9(7(2)17)14(19)16(11)12/h3,7-9,11,13,17-18H,1,4-6H2,2H3/t7-,8-,9-,11+,13+/m1/s1. The van der Waals surface area contributed by atoms with E-state index in [4.69, 9.17) is 9.47 Å². The lowest BCUT2D eigenvalue weighted by Crippen LogP contribution is -2.65. The van der Waals surface area contributed by atoms with Crippen LogP contribution in [0.1, 0.15) is 13.3 Å². The third kappa shape index (κ3) is 2.00. The monoisotopic (exact) mass is 309 g/mol. The summed E-state index contributed by atoms with van der Waals surface area (Å²) in [5, 5.41) is 20.0. The van der Waals surface area contributed by atoms with Crippen molar-refractivity contribution in [1.82, 2.24) is 4.90 Å². The summed E-state index contributed by atoms with van der Waals surface area (Å²) in [7, 11) is 0. The van der Waals surface area contributed by atoms with E-state index in [1.165, 1.54) is 17.9 Å². The molecule has 0 spiro atoms. The van der Waals surface area contributed by atoms with Gasteiger partial charge in [0.15, 0.2) is 0 Å². The molecule has 3 rings (SSSR count). The second-order valence-electron chi connectivity index (χ2n) is 5.75. The molecule has 0 radical (unpaired) electrons. The molecule has 0 aliphatic carbocycles. The van der Waals surface area contributed by atoms with Crippen LogP contribution in [0.5, 0.6) is 0 Å². The lowest BCUT2D eigenvalue weighted by molar-refractivity contribution is -0.169. The summed E-state index contributed by atoms with van der Waals surface area (Å²) in [6, 6.07) is -0.455. The first-order valence-corrected chi connectivity index (χ1v) is 7.32. The number of hydrogen-bond donors (Lipinski definition) is 2. The highest BCUT2D eigenvalue weighted by Crippen LogP contribution is 2.47. The fourth-order valence-corrected chi connectivity index (χ4v) is 3.48. The Labute approximate surface area is 127 Å². The van der Waals surface area contributed by atoms with E-state index < -0.39 is 36.2 Å². The van der Waals surface area contributed by atoms with Gasteiger partial charge in [0, 0.05) is 12.0 Å². The van der Waals surface area contributed by atoms with Gasteiger partial charge in [0.05, 0.1) is 30.8 Å². The fraction of sp³-hybridized carbons (Fsp3) is 0.600. The van der Waals surface area contributed by atoms with E-state index in [1.807, 2.05) is 0 Å². The van der Waals surface area contributed by atoms with Gasteiger partial charge >= 0.3 is 5.97 Å². The van der Waals surface area contributed by atoms with Crippen molar-refractivity contribution in [3.05, 3.63) is 23.9 Å². The van der Waals surface area contributed by atoms with Crippen LogP contribution in [-0.4, -0.2) is 64.6 Å². The molecule has 1 amide bonds. The first-order chi connectivity index (χ1) is 10.5. The number of aliphatic hydroxyl groups excluding tert-OH is 2. The van der Waals surface area contributed by atoms with Gasteiger partial charge in [0.1, 0.15) is 18.4 Å². The summed E-state index contributed by atoms with van der Waals surface area (Å²) in [5.74, 6) is -1.65. The number of fused-ring (bicyclic) bond motifs is 3. The molecule has 0 saturated carbocycles. The topological polar surface area (TPSA) is 96.3 Å². The van der Waals surface area contributed by atoms with E-state index in [0.29, 0.717) is 18.6 Å². The Morgan fingerprint density at radius 3 is 3.00 bits per heavy atom. The Hall–Kier alpha value is -1.70. The zero-order chi connectivity index (χ0) is 16.0. The molecule has 5 atom stereocenters. The molecular weight excluding hydrogens is 290 g/mol. The molecule has 7 nitrogen and oxygen atoms in total. The SMILES string of the molecule is C=CCOC(=O)C1=C2[C@H](O)CCO[C@@H]2[C@@H]2[C@@H]([C@@H](C)O)C(=O)N12. The van der Waals surface area contributed by atoms with Gasteiger partial charge in [-0.2, -0.15) is 0 Å². The van der Waals surface area contributed by atoms with Gasteiger partial charge in [-0.1, -0.05) is 12.7 Å². The minimum Gasteiger partial charge on any atom is -0.457 e. The molecule has 3 aliphatic heterocycles. The molecule has 0 aromatic carbocycles. The van der Waals surface area contributed by atoms with Crippen LogP contribution in [0.2, 0.25) is 0 Å². The molecule has 120 valence electrons. The zero-order valence-corrected chi connectivity index (χ0v) is 12.3. The molecule has 2 saturated heterocycles. The highest BCUT2D eigenvalue weighted by Gasteiger charge is 2.63. The zero-order valence-electron chi connectivity index (χ0n) is 12.3. The smallest absolute Gasteiger partial charge is 0.355 e. The van der Waals surface area contributed by atoms with Gasteiger partial charge in [-0.3, -0.25) is 9.69 Å². The largest absolute Gasteiger partial charge is 0.457 e. The summed E-state index contributed by atoms with van der Waals surface area (Å²) in [6.45, 7) is 5.37. The third-order valence-corrected chi connectivity index (χ3v) is 4.41. The van der Waals surface area contributed by atoms with Crippen LogP contribution in [0.4, 0.5) is 0 Å². The van der Waals surface area contributed by atoms with Crippen LogP contribution in [0.25, 0.3) is 0 Å². The highest BCUT2D eigenvalue weighted by atomic mass is 16.5. The number of esters is 1. The number of β-lactam (4-membered cyclic amide) rings is 1. The van der Waals surface area contributed by atoms with Crippen LogP contribution >= 0.6 is 0 Å². The van der Waals surface area contributed by atoms with Crippen molar-refractivity contribution in [3.63, 3.8) is 0 Å². The second-order valence-corrected chi connectivity index (χ2v) is 5.75. The Morgan fingerprint density at radius 2 is 2.36 bits per heavy atom. The number of carbonyl (C=O) groups excluding carboxylic acids is 2. The fourth-order valence-electron chi connectivity index (χ4n) is 3.48. The average molecular weight is 309 g/mol. The maximum Gasteiger partial charge on any atom is 0.355 e. The summed E-state index contributed by atoms with van der Waals surface area (Å²) in [4.78, 5) is 25.9. The normalized spacial score (nSPS) is 34.7. The van der Waals surface area contributed by atoms with Crippen molar-refractivity contribution in [1.29, 1.82) is 0 Å². The van der Waals surface area contributed by atoms with E-state index in [-0.39, 0.29) is 18.2 Å². The van der Waals surface area contributed by atoms with Gasteiger partial charge in [-0.25, -0.2) is 4.79 Å². The van der Waals surface area contributed by atoms with Crippen LogP contribution < -0.4 is 0 Å². The molecule has 0 unspecified atom stereocenters. The van der Waals surface area contributed by atoms with Crippen LogP contribution in [0.3, 0.4) is 0 Å². The maximum absolute atomic E-state index is 12.3. The van der Waals surface area contributed by atoms with Crippen molar-refractivity contribution in [2.24, 2.45) is 5.92 Å². The molecule has 0 aromatic rings. The molecule has 3 heterocycles. The maximum atomic E-state index is 12.3. The molecule has 2 fully saturated rings.